The maximum Gasteiger partial charge on any atom is 0.328 e. The van der Waals surface area contributed by atoms with E-state index in [4.69, 9.17) is 15.2 Å². The Morgan fingerprint density at radius 3 is 2.29 bits per heavy atom. The van der Waals surface area contributed by atoms with Crippen molar-refractivity contribution in [1.82, 2.24) is 10.3 Å². The predicted molar refractivity (Wildman–Crippen MR) is 117 cm³/mol. The van der Waals surface area contributed by atoms with Crippen LogP contribution in [0.1, 0.15) is 0 Å². The molecule has 3 aromatic rings. The summed E-state index contributed by atoms with van der Waals surface area (Å²) in [6.07, 6.45) is 1.12. The number of nitrogens with one attached hydrogen (secondary N) is 1. The van der Waals surface area contributed by atoms with E-state index in [-0.39, 0.29) is 5.82 Å². The van der Waals surface area contributed by atoms with E-state index in [0.717, 1.165) is 54.0 Å². The van der Waals surface area contributed by atoms with E-state index < -0.39 is 11.9 Å². The molecule has 0 radical (unpaired) electrons. The molecule has 0 amide bonds. The summed E-state index contributed by atoms with van der Waals surface area (Å²) < 4.78 is 13.7. The minimum absolute atomic E-state index is 0.216. The average Bonchev–Trinajstić information content (AvgIpc) is 2.78. The largest absolute Gasteiger partial charge is 0.478 e. The fourth-order valence-corrected chi connectivity index (χ4v) is 3.25. The Bertz CT molecular complexity index is 1090. The fourth-order valence-electron chi connectivity index (χ4n) is 3.25. The van der Waals surface area contributed by atoms with Crippen molar-refractivity contribution in [1.29, 1.82) is 0 Å². The Balaban J connectivity index is 0.000000293. The van der Waals surface area contributed by atoms with E-state index in [1.54, 1.807) is 12.1 Å². The zero-order chi connectivity index (χ0) is 22.2. The molecule has 2 heterocycles. The van der Waals surface area contributed by atoms with Gasteiger partial charge >= 0.3 is 11.9 Å². The SMILES string of the molecule is Fc1cccc(-c2cc(N3CCNCC3)nc3ccccc23)c1.O=C(O)/C=C/C(=O)O. The maximum atomic E-state index is 13.7. The van der Waals surface area contributed by atoms with E-state index in [0.29, 0.717) is 12.2 Å². The van der Waals surface area contributed by atoms with Gasteiger partial charge in [0.15, 0.2) is 0 Å². The van der Waals surface area contributed by atoms with Crippen LogP contribution in [0.15, 0.2) is 66.7 Å². The molecular weight excluding hydrogens is 401 g/mol. The lowest BCUT2D eigenvalue weighted by Gasteiger charge is -2.29. The zero-order valence-electron chi connectivity index (χ0n) is 16.7. The van der Waals surface area contributed by atoms with E-state index in [1.807, 2.05) is 30.3 Å². The molecule has 4 rings (SSSR count). The quantitative estimate of drug-likeness (QED) is 0.554. The van der Waals surface area contributed by atoms with Crippen LogP contribution in [0.3, 0.4) is 0 Å². The number of aliphatic carboxylic acids is 2. The topological polar surface area (TPSA) is 103 Å². The lowest BCUT2D eigenvalue weighted by molar-refractivity contribution is -0.134. The van der Waals surface area contributed by atoms with Crippen molar-refractivity contribution in [3.8, 4) is 11.1 Å². The number of pyridine rings is 1. The number of halogens is 1. The molecule has 1 fully saturated rings. The van der Waals surface area contributed by atoms with E-state index in [9.17, 15) is 14.0 Å². The third-order valence-corrected chi connectivity index (χ3v) is 4.65. The molecule has 160 valence electrons. The van der Waals surface area contributed by atoms with Gasteiger partial charge in [-0.1, -0.05) is 30.3 Å². The summed E-state index contributed by atoms with van der Waals surface area (Å²) >= 11 is 0. The Labute approximate surface area is 178 Å². The molecule has 0 atom stereocenters. The maximum absolute atomic E-state index is 13.7. The van der Waals surface area contributed by atoms with Crippen LogP contribution in [0.5, 0.6) is 0 Å². The van der Waals surface area contributed by atoms with Gasteiger partial charge in [-0.05, 0) is 35.4 Å². The summed E-state index contributed by atoms with van der Waals surface area (Å²) in [7, 11) is 0. The molecule has 1 saturated heterocycles. The number of carbonyl (C=O) groups is 2. The molecule has 0 unspecified atom stereocenters. The number of rotatable bonds is 4. The van der Waals surface area contributed by atoms with Crippen LogP contribution < -0.4 is 10.2 Å². The molecule has 1 aliphatic heterocycles. The van der Waals surface area contributed by atoms with Gasteiger partial charge in [-0.15, -0.1) is 0 Å². The van der Waals surface area contributed by atoms with Crippen molar-refractivity contribution in [2.45, 2.75) is 0 Å². The standard InChI is InChI=1S/C19H18FN3.C4H4O4/c20-15-5-3-4-14(12-15)17-13-19(23-10-8-21-9-11-23)22-18-7-2-1-6-16(17)18;5-3(6)1-2-4(7)8/h1-7,12-13,21H,8-11H2;1-2H,(H,5,6)(H,7,8)/b;2-1+. The van der Waals surface area contributed by atoms with Crippen LogP contribution in [-0.4, -0.2) is 53.3 Å². The highest BCUT2D eigenvalue weighted by Gasteiger charge is 2.15. The second kappa shape index (κ2) is 10.3. The first kappa shape index (κ1) is 21.9. The molecule has 0 spiro atoms. The molecule has 0 aliphatic carbocycles. The number of para-hydroxylation sites is 1. The predicted octanol–water partition coefficient (Wildman–Crippen LogP) is 3.16. The Hall–Kier alpha value is -3.78. The number of hydrogen-bond donors (Lipinski definition) is 3. The van der Waals surface area contributed by atoms with Gasteiger partial charge in [0.1, 0.15) is 11.6 Å². The van der Waals surface area contributed by atoms with Crippen LogP contribution in [0, 0.1) is 5.82 Å². The molecule has 2 aromatic carbocycles. The first-order valence-electron chi connectivity index (χ1n) is 9.69. The van der Waals surface area contributed by atoms with E-state index in [1.165, 1.54) is 6.07 Å². The van der Waals surface area contributed by atoms with Gasteiger partial charge in [0.2, 0.25) is 0 Å². The molecule has 3 N–H and O–H groups in total. The number of nitrogens with zero attached hydrogens (tertiary/aromatic N) is 2. The first-order valence-corrected chi connectivity index (χ1v) is 9.69. The summed E-state index contributed by atoms with van der Waals surface area (Å²) in [5.41, 5.74) is 2.87. The van der Waals surface area contributed by atoms with E-state index >= 15 is 0 Å². The highest BCUT2D eigenvalue weighted by molar-refractivity contribution is 5.96. The molecule has 8 heteroatoms. The monoisotopic (exact) mass is 423 g/mol. The van der Waals surface area contributed by atoms with Gasteiger partial charge < -0.3 is 20.4 Å². The van der Waals surface area contributed by atoms with Gasteiger partial charge in [-0.2, -0.15) is 0 Å². The summed E-state index contributed by atoms with van der Waals surface area (Å²) in [6, 6.07) is 16.9. The Morgan fingerprint density at radius 2 is 1.65 bits per heavy atom. The van der Waals surface area contributed by atoms with Crippen molar-refractivity contribution >= 4 is 28.7 Å². The third-order valence-electron chi connectivity index (χ3n) is 4.65. The summed E-state index contributed by atoms with van der Waals surface area (Å²) in [4.78, 5) is 26.2. The van der Waals surface area contributed by atoms with Crippen LogP contribution >= 0.6 is 0 Å². The van der Waals surface area contributed by atoms with Crippen molar-refractivity contribution < 1.29 is 24.2 Å². The van der Waals surface area contributed by atoms with Crippen molar-refractivity contribution in [2.75, 3.05) is 31.1 Å². The summed E-state index contributed by atoms with van der Waals surface area (Å²) in [6.45, 7) is 3.80. The second-order valence-electron chi connectivity index (χ2n) is 6.80. The Morgan fingerprint density at radius 1 is 0.968 bits per heavy atom. The van der Waals surface area contributed by atoms with Crippen molar-refractivity contribution in [3.05, 3.63) is 72.6 Å². The fraction of sp³-hybridized carbons (Fsp3) is 0.174. The zero-order valence-corrected chi connectivity index (χ0v) is 16.7. The van der Waals surface area contributed by atoms with Gasteiger partial charge in [-0.3, -0.25) is 0 Å². The molecule has 1 aromatic heterocycles. The van der Waals surface area contributed by atoms with Gasteiger partial charge in [0.05, 0.1) is 5.52 Å². The van der Waals surface area contributed by atoms with Gasteiger partial charge in [0, 0.05) is 43.7 Å². The Kier molecular flexibility index (Phi) is 7.29. The number of fused-ring (bicyclic) bond motifs is 1. The number of hydrogen-bond acceptors (Lipinski definition) is 5. The van der Waals surface area contributed by atoms with Crippen LogP contribution in [0.2, 0.25) is 0 Å². The minimum Gasteiger partial charge on any atom is -0.478 e. The molecule has 0 bridgehead atoms. The third kappa shape index (κ3) is 6.10. The highest BCUT2D eigenvalue weighted by Crippen LogP contribution is 2.31. The number of carboxylic acids is 2. The average molecular weight is 423 g/mol. The normalized spacial score (nSPS) is 13.6. The highest BCUT2D eigenvalue weighted by atomic mass is 19.1. The second-order valence-corrected chi connectivity index (χ2v) is 6.80. The molecule has 31 heavy (non-hydrogen) atoms. The lowest BCUT2D eigenvalue weighted by atomic mass is 10.0. The summed E-state index contributed by atoms with van der Waals surface area (Å²) in [5.74, 6) is -1.77. The van der Waals surface area contributed by atoms with Crippen molar-refractivity contribution in [3.63, 3.8) is 0 Å². The molecule has 7 nitrogen and oxygen atoms in total. The number of piperazine rings is 1. The van der Waals surface area contributed by atoms with E-state index in [2.05, 4.69) is 16.3 Å². The molecule has 1 aliphatic rings. The molecular formula is C23H22FN3O4. The van der Waals surface area contributed by atoms with Crippen LogP contribution in [-0.2, 0) is 9.59 Å². The number of benzene rings is 2. The van der Waals surface area contributed by atoms with Crippen LogP contribution in [0.4, 0.5) is 10.2 Å². The van der Waals surface area contributed by atoms with Gasteiger partial charge in [-0.25, -0.2) is 19.0 Å². The molecule has 0 saturated carbocycles. The lowest BCUT2D eigenvalue weighted by Crippen LogP contribution is -2.43. The van der Waals surface area contributed by atoms with Crippen molar-refractivity contribution in [2.24, 2.45) is 0 Å². The number of carboxylic acid groups (broad SMARTS) is 2. The first-order chi connectivity index (χ1) is 14.9. The van der Waals surface area contributed by atoms with Crippen LogP contribution in [0.25, 0.3) is 22.0 Å². The number of anilines is 1. The smallest absolute Gasteiger partial charge is 0.328 e. The minimum atomic E-state index is -1.26. The van der Waals surface area contributed by atoms with Gasteiger partial charge in [0.25, 0.3) is 0 Å². The summed E-state index contributed by atoms with van der Waals surface area (Å²) in [5, 5.41) is 20.0. The number of aromatic nitrogens is 1.